The van der Waals surface area contributed by atoms with Gasteiger partial charge in [0, 0.05) is 19.2 Å². The Morgan fingerprint density at radius 1 is 1.41 bits per heavy atom. The maximum absolute atomic E-state index is 13.2. The number of hydrogen-bond acceptors (Lipinski definition) is 3. The molecule has 94 valence electrons. The fourth-order valence-corrected chi connectivity index (χ4v) is 1.78. The van der Waals surface area contributed by atoms with E-state index >= 15 is 0 Å². The Labute approximate surface area is 99.1 Å². The van der Waals surface area contributed by atoms with E-state index in [2.05, 4.69) is 0 Å². The van der Waals surface area contributed by atoms with Crippen molar-refractivity contribution in [1.82, 2.24) is 4.90 Å². The zero-order valence-corrected chi connectivity index (χ0v) is 10.3. The lowest BCUT2D eigenvalue weighted by molar-refractivity contribution is 0.0801. The lowest BCUT2D eigenvalue weighted by Gasteiger charge is -2.14. The van der Waals surface area contributed by atoms with Crippen molar-refractivity contribution in [2.75, 3.05) is 13.6 Å². The molecule has 0 aliphatic heterocycles. The number of carbonyl (C=O) groups excluding carboxylic acids is 1. The Morgan fingerprint density at radius 2 is 2.00 bits per heavy atom. The van der Waals surface area contributed by atoms with Crippen LogP contribution in [0.25, 0.3) is 0 Å². The number of halogens is 1. The van der Waals surface area contributed by atoms with Crippen LogP contribution in [0.5, 0.6) is 0 Å². The van der Waals surface area contributed by atoms with Crippen LogP contribution in [0.15, 0.2) is 23.1 Å². The molecule has 0 aliphatic carbocycles. The molecule has 0 unspecified atom stereocenters. The molecule has 0 spiro atoms. The molecule has 0 aliphatic rings. The fraction of sp³-hybridized carbons (Fsp3) is 0.300. The number of primary sulfonamides is 1. The number of rotatable bonds is 3. The molecule has 1 rings (SSSR count). The van der Waals surface area contributed by atoms with E-state index in [1.807, 2.05) is 0 Å². The van der Waals surface area contributed by atoms with E-state index in [-0.39, 0.29) is 5.56 Å². The van der Waals surface area contributed by atoms with Crippen LogP contribution in [0.4, 0.5) is 4.39 Å². The van der Waals surface area contributed by atoms with Crippen LogP contribution in [-0.2, 0) is 10.0 Å². The van der Waals surface area contributed by atoms with Crippen LogP contribution in [-0.4, -0.2) is 32.8 Å². The number of benzene rings is 1. The lowest BCUT2D eigenvalue weighted by atomic mass is 10.2. The van der Waals surface area contributed by atoms with E-state index in [1.165, 1.54) is 11.9 Å². The summed E-state index contributed by atoms with van der Waals surface area (Å²) in [6.45, 7) is 2.18. The second-order valence-corrected chi connectivity index (χ2v) is 5.10. The number of sulfonamides is 1. The third kappa shape index (κ3) is 3.24. The second kappa shape index (κ2) is 4.80. The topological polar surface area (TPSA) is 80.5 Å². The average Bonchev–Trinajstić information content (AvgIpc) is 2.25. The van der Waals surface area contributed by atoms with Gasteiger partial charge in [-0.15, -0.1) is 0 Å². The highest BCUT2D eigenvalue weighted by Crippen LogP contribution is 2.14. The van der Waals surface area contributed by atoms with Crippen LogP contribution < -0.4 is 5.14 Å². The minimum Gasteiger partial charge on any atom is -0.342 e. The highest BCUT2D eigenvalue weighted by molar-refractivity contribution is 7.89. The molecule has 0 saturated heterocycles. The summed E-state index contributed by atoms with van der Waals surface area (Å²) in [7, 11) is -2.49. The first-order chi connectivity index (χ1) is 7.75. The van der Waals surface area contributed by atoms with Crippen molar-refractivity contribution in [2.45, 2.75) is 11.8 Å². The van der Waals surface area contributed by atoms with Gasteiger partial charge in [0.05, 0.1) is 4.90 Å². The normalized spacial score (nSPS) is 11.3. The molecule has 2 N–H and O–H groups in total. The van der Waals surface area contributed by atoms with Crippen molar-refractivity contribution < 1.29 is 17.6 Å². The third-order valence-corrected chi connectivity index (χ3v) is 3.16. The molecule has 7 heteroatoms. The van der Waals surface area contributed by atoms with Crippen LogP contribution in [0.1, 0.15) is 17.3 Å². The van der Waals surface area contributed by atoms with Crippen molar-refractivity contribution in [2.24, 2.45) is 5.14 Å². The van der Waals surface area contributed by atoms with E-state index in [0.717, 1.165) is 18.2 Å². The molecule has 0 fully saturated rings. The van der Waals surface area contributed by atoms with Gasteiger partial charge in [0.2, 0.25) is 10.0 Å². The minimum atomic E-state index is -4.02. The van der Waals surface area contributed by atoms with Gasteiger partial charge in [-0.05, 0) is 25.1 Å². The molecule has 1 aromatic rings. The summed E-state index contributed by atoms with van der Waals surface area (Å²) in [4.78, 5) is 12.7. The van der Waals surface area contributed by atoms with Crippen LogP contribution in [0.2, 0.25) is 0 Å². The van der Waals surface area contributed by atoms with E-state index < -0.39 is 26.6 Å². The lowest BCUT2D eigenvalue weighted by Crippen LogP contribution is -2.26. The first-order valence-corrected chi connectivity index (χ1v) is 6.39. The van der Waals surface area contributed by atoms with Crippen LogP contribution >= 0.6 is 0 Å². The van der Waals surface area contributed by atoms with Crippen LogP contribution in [0.3, 0.4) is 0 Å². The summed E-state index contributed by atoms with van der Waals surface area (Å²) >= 11 is 0. The highest BCUT2D eigenvalue weighted by atomic mass is 32.2. The predicted octanol–water partition coefficient (Wildman–Crippen LogP) is 0.565. The Hall–Kier alpha value is -1.47. The van der Waals surface area contributed by atoms with E-state index in [4.69, 9.17) is 5.14 Å². The summed E-state index contributed by atoms with van der Waals surface area (Å²) in [6, 6.07) is 2.81. The summed E-state index contributed by atoms with van der Waals surface area (Å²) in [5, 5.41) is 4.88. The number of hydrogen-bond donors (Lipinski definition) is 1. The fourth-order valence-electron chi connectivity index (χ4n) is 1.21. The van der Waals surface area contributed by atoms with Gasteiger partial charge < -0.3 is 4.90 Å². The van der Waals surface area contributed by atoms with Gasteiger partial charge in [0.1, 0.15) is 5.82 Å². The third-order valence-electron chi connectivity index (χ3n) is 2.27. The van der Waals surface area contributed by atoms with Crippen molar-refractivity contribution >= 4 is 15.9 Å². The van der Waals surface area contributed by atoms with E-state index in [9.17, 15) is 17.6 Å². The molecule has 0 atom stereocenters. The molecule has 0 bridgehead atoms. The maximum Gasteiger partial charge on any atom is 0.253 e. The monoisotopic (exact) mass is 260 g/mol. The second-order valence-electron chi connectivity index (χ2n) is 3.54. The summed E-state index contributed by atoms with van der Waals surface area (Å²) in [5.74, 6) is -1.28. The summed E-state index contributed by atoms with van der Waals surface area (Å²) < 4.78 is 35.4. The first-order valence-electron chi connectivity index (χ1n) is 4.84. The molecule has 0 heterocycles. The molecule has 1 aromatic carbocycles. The molecule has 17 heavy (non-hydrogen) atoms. The Balaban J connectivity index is 3.28. The zero-order valence-electron chi connectivity index (χ0n) is 9.47. The summed E-state index contributed by atoms with van der Waals surface area (Å²) in [5.41, 5.74) is -0.0432. The van der Waals surface area contributed by atoms with Gasteiger partial charge in [-0.25, -0.2) is 17.9 Å². The van der Waals surface area contributed by atoms with Crippen molar-refractivity contribution in [3.8, 4) is 0 Å². The number of carbonyl (C=O) groups is 1. The Bertz CT molecular complexity index is 542. The quantitative estimate of drug-likeness (QED) is 0.862. The van der Waals surface area contributed by atoms with Crippen LogP contribution in [0, 0.1) is 5.82 Å². The van der Waals surface area contributed by atoms with Gasteiger partial charge in [-0.2, -0.15) is 0 Å². The van der Waals surface area contributed by atoms with Gasteiger partial charge in [-0.1, -0.05) is 0 Å². The standard InChI is InChI=1S/C10H13FN2O3S/c1-3-13(2)10(14)7-4-8(11)6-9(5-7)17(12,15)16/h4-6H,3H2,1-2H3,(H2,12,15,16). The van der Waals surface area contributed by atoms with Crippen molar-refractivity contribution in [3.63, 3.8) is 0 Å². The first kappa shape index (κ1) is 13.6. The Kier molecular flexibility index (Phi) is 3.84. The molecule has 5 nitrogen and oxygen atoms in total. The summed E-state index contributed by atoms with van der Waals surface area (Å²) in [6.07, 6.45) is 0. The van der Waals surface area contributed by atoms with Gasteiger partial charge in [-0.3, -0.25) is 4.79 Å². The zero-order chi connectivity index (χ0) is 13.2. The Morgan fingerprint density at radius 3 is 2.47 bits per heavy atom. The molecular formula is C10H13FN2O3S. The smallest absolute Gasteiger partial charge is 0.253 e. The predicted molar refractivity (Wildman–Crippen MR) is 60.4 cm³/mol. The number of nitrogens with zero attached hydrogens (tertiary/aromatic N) is 1. The largest absolute Gasteiger partial charge is 0.342 e. The molecular weight excluding hydrogens is 247 g/mol. The van der Waals surface area contributed by atoms with E-state index in [1.54, 1.807) is 6.92 Å². The van der Waals surface area contributed by atoms with Crippen molar-refractivity contribution in [3.05, 3.63) is 29.6 Å². The number of amides is 1. The number of nitrogens with two attached hydrogens (primary N) is 1. The molecule has 0 radical (unpaired) electrons. The maximum atomic E-state index is 13.2. The average molecular weight is 260 g/mol. The molecule has 0 saturated carbocycles. The van der Waals surface area contributed by atoms with Crippen molar-refractivity contribution in [1.29, 1.82) is 0 Å². The SMILES string of the molecule is CCN(C)C(=O)c1cc(F)cc(S(N)(=O)=O)c1. The van der Waals surface area contributed by atoms with Gasteiger partial charge in [0.15, 0.2) is 0 Å². The van der Waals surface area contributed by atoms with Gasteiger partial charge in [0.25, 0.3) is 5.91 Å². The molecule has 1 amide bonds. The van der Waals surface area contributed by atoms with Gasteiger partial charge >= 0.3 is 0 Å². The molecule has 0 aromatic heterocycles. The minimum absolute atomic E-state index is 0.0432. The highest BCUT2D eigenvalue weighted by Gasteiger charge is 2.16. The van der Waals surface area contributed by atoms with E-state index in [0.29, 0.717) is 6.54 Å².